The SMILES string of the molecule is CSCCC(N)C(=O)NC(CC(=O)O)C(=O)NC(CC(C)C)C(=O)NC(CCSC)C(=O)O. The summed E-state index contributed by atoms with van der Waals surface area (Å²) < 4.78 is 0. The normalized spacial score (nSPS) is 14.6. The highest BCUT2D eigenvalue weighted by Crippen LogP contribution is 2.09. The van der Waals surface area contributed by atoms with Gasteiger partial charge in [-0.1, -0.05) is 13.8 Å². The topological polar surface area (TPSA) is 188 Å². The molecule has 7 N–H and O–H groups in total. The molecule has 0 spiro atoms. The summed E-state index contributed by atoms with van der Waals surface area (Å²) in [5.41, 5.74) is 5.80. The Bertz CT molecular complexity index is 679. The van der Waals surface area contributed by atoms with E-state index in [1.54, 1.807) is 0 Å². The van der Waals surface area contributed by atoms with Crippen LogP contribution in [0.4, 0.5) is 0 Å². The van der Waals surface area contributed by atoms with E-state index < -0.39 is 60.2 Å². The summed E-state index contributed by atoms with van der Waals surface area (Å²) in [7, 11) is 0. The lowest BCUT2D eigenvalue weighted by Gasteiger charge is -2.25. The molecule has 4 unspecified atom stereocenters. The summed E-state index contributed by atoms with van der Waals surface area (Å²) in [4.78, 5) is 60.6. The fraction of sp³-hybridized carbons (Fsp3) is 0.750. The molecule has 0 radical (unpaired) electrons. The van der Waals surface area contributed by atoms with Crippen molar-refractivity contribution < 1.29 is 34.2 Å². The average molecular weight is 509 g/mol. The molecule has 0 aromatic rings. The number of rotatable bonds is 17. The van der Waals surface area contributed by atoms with E-state index in [0.29, 0.717) is 17.9 Å². The number of hydrogen-bond acceptors (Lipinski definition) is 8. The first kappa shape index (κ1) is 31.0. The molecule has 3 amide bonds. The fourth-order valence-electron chi connectivity index (χ4n) is 2.78. The van der Waals surface area contributed by atoms with Gasteiger partial charge in [0.15, 0.2) is 0 Å². The zero-order chi connectivity index (χ0) is 25.6. The number of amides is 3. The van der Waals surface area contributed by atoms with Crippen molar-refractivity contribution in [1.82, 2.24) is 16.0 Å². The number of carboxylic acids is 2. The molecule has 0 saturated heterocycles. The molecule has 0 heterocycles. The van der Waals surface area contributed by atoms with Crippen LogP contribution in [0.5, 0.6) is 0 Å². The van der Waals surface area contributed by atoms with E-state index in [-0.39, 0.29) is 18.8 Å². The lowest BCUT2D eigenvalue weighted by Crippen LogP contribution is -2.57. The largest absolute Gasteiger partial charge is 0.481 e. The van der Waals surface area contributed by atoms with Crippen LogP contribution in [-0.2, 0) is 24.0 Å². The van der Waals surface area contributed by atoms with Crippen LogP contribution in [0.25, 0.3) is 0 Å². The molecule has 190 valence electrons. The van der Waals surface area contributed by atoms with E-state index in [1.807, 2.05) is 26.4 Å². The smallest absolute Gasteiger partial charge is 0.326 e. The molecule has 0 aliphatic carbocycles. The van der Waals surface area contributed by atoms with Crippen LogP contribution in [0.2, 0.25) is 0 Å². The molecule has 0 fully saturated rings. The van der Waals surface area contributed by atoms with Crippen molar-refractivity contribution in [2.24, 2.45) is 11.7 Å². The van der Waals surface area contributed by atoms with Crippen LogP contribution in [0, 0.1) is 5.92 Å². The van der Waals surface area contributed by atoms with Gasteiger partial charge in [-0.25, -0.2) is 4.79 Å². The monoisotopic (exact) mass is 508 g/mol. The van der Waals surface area contributed by atoms with Gasteiger partial charge in [-0.05, 0) is 49.2 Å². The Morgan fingerprint density at radius 3 is 1.76 bits per heavy atom. The van der Waals surface area contributed by atoms with E-state index in [1.165, 1.54) is 23.5 Å². The molecular formula is C20H36N4O7S2. The van der Waals surface area contributed by atoms with E-state index in [0.717, 1.165) is 0 Å². The Morgan fingerprint density at radius 2 is 1.27 bits per heavy atom. The number of carboxylic acid groups (broad SMARTS) is 2. The fourth-order valence-corrected chi connectivity index (χ4v) is 3.74. The second kappa shape index (κ2) is 16.6. The quantitative estimate of drug-likeness (QED) is 0.154. The maximum absolute atomic E-state index is 12.8. The third-order valence-electron chi connectivity index (χ3n) is 4.55. The van der Waals surface area contributed by atoms with Crippen molar-refractivity contribution in [3.05, 3.63) is 0 Å². The summed E-state index contributed by atoms with van der Waals surface area (Å²) in [6.45, 7) is 3.63. The first-order chi connectivity index (χ1) is 15.4. The molecule has 4 atom stereocenters. The van der Waals surface area contributed by atoms with Gasteiger partial charge in [-0.2, -0.15) is 23.5 Å². The Morgan fingerprint density at radius 1 is 0.788 bits per heavy atom. The third-order valence-corrected chi connectivity index (χ3v) is 5.83. The minimum absolute atomic E-state index is 0.0389. The Labute approximate surface area is 202 Å². The second-order valence-corrected chi connectivity index (χ2v) is 9.89. The number of carbonyl (C=O) groups excluding carboxylic acids is 3. The van der Waals surface area contributed by atoms with Gasteiger partial charge < -0.3 is 31.9 Å². The highest BCUT2D eigenvalue weighted by molar-refractivity contribution is 7.98. The molecule has 13 heteroatoms. The van der Waals surface area contributed by atoms with E-state index in [4.69, 9.17) is 10.8 Å². The zero-order valence-electron chi connectivity index (χ0n) is 19.5. The minimum atomic E-state index is -1.44. The van der Waals surface area contributed by atoms with Crippen molar-refractivity contribution in [1.29, 1.82) is 0 Å². The number of hydrogen-bond donors (Lipinski definition) is 6. The molecule has 0 aliphatic rings. The van der Waals surface area contributed by atoms with Gasteiger partial charge in [0.2, 0.25) is 17.7 Å². The third kappa shape index (κ3) is 13.3. The van der Waals surface area contributed by atoms with E-state index in [2.05, 4.69) is 16.0 Å². The maximum Gasteiger partial charge on any atom is 0.326 e. The highest BCUT2D eigenvalue weighted by Gasteiger charge is 2.31. The standard InChI is InChI=1S/C20H36N4O7S2/c1-11(2)9-14(18(28)22-13(20(30)31)6-8-33-4)24-19(29)15(10-16(25)26)23-17(27)12(21)5-7-32-3/h11-15H,5-10,21H2,1-4H3,(H,22,28)(H,23,27)(H,24,29)(H,25,26)(H,30,31). The molecule has 33 heavy (non-hydrogen) atoms. The summed E-state index contributed by atoms with van der Waals surface area (Å²) in [6, 6.07) is -4.58. The predicted octanol–water partition coefficient (Wildman–Crippen LogP) is -0.120. The van der Waals surface area contributed by atoms with Gasteiger partial charge in [-0.15, -0.1) is 0 Å². The minimum Gasteiger partial charge on any atom is -0.481 e. The van der Waals surface area contributed by atoms with Crippen molar-refractivity contribution in [2.75, 3.05) is 24.0 Å². The van der Waals surface area contributed by atoms with Crippen LogP contribution < -0.4 is 21.7 Å². The van der Waals surface area contributed by atoms with Crippen LogP contribution >= 0.6 is 23.5 Å². The lowest BCUT2D eigenvalue weighted by atomic mass is 10.0. The summed E-state index contributed by atoms with van der Waals surface area (Å²) in [5, 5.41) is 25.8. The number of aliphatic carboxylic acids is 2. The number of thioether (sulfide) groups is 2. The highest BCUT2D eigenvalue weighted by atomic mass is 32.2. The number of nitrogens with one attached hydrogen (secondary N) is 3. The van der Waals surface area contributed by atoms with Gasteiger partial charge in [0.1, 0.15) is 18.1 Å². The molecule has 0 aromatic heterocycles. The van der Waals surface area contributed by atoms with Crippen LogP contribution in [0.1, 0.15) is 39.5 Å². The molecule has 0 aliphatic heterocycles. The van der Waals surface area contributed by atoms with Crippen molar-refractivity contribution in [3.8, 4) is 0 Å². The summed E-state index contributed by atoms with van der Waals surface area (Å²) in [6.07, 6.45) is 3.70. The zero-order valence-corrected chi connectivity index (χ0v) is 21.1. The van der Waals surface area contributed by atoms with Crippen LogP contribution in [-0.4, -0.2) is 88.1 Å². The Kier molecular flexibility index (Phi) is 15.6. The number of nitrogens with two attached hydrogens (primary N) is 1. The Balaban J connectivity index is 5.43. The average Bonchev–Trinajstić information content (AvgIpc) is 2.72. The molecule has 0 bridgehead atoms. The van der Waals surface area contributed by atoms with Crippen LogP contribution in [0.15, 0.2) is 0 Å². The van der Waals surface area contributed by atoms with Gasteiger partial charge in [0.05, 0.1) is 12.5 Å². The van der Waals surface area contributed by atoms with Gasteiger partial charge >= 0.3 is 11.9 Å². The van der Waals surface area contributed by atoms with Crippen LogP contribution in [0.3, 0.4) is 0 Å². The molecule has 0 aromatic carbocycles. The van der Waals surface area contributed by atoms with E-state index >= 15 is 0 Å². The van der Waals surface area contributed by atoms with E-state index in [9.17, 15) is 29.1 Å². The molecular weight excluding hydrogens is 472 g/mol. The van der Waals surface area contributed by atoms with Gasteiger partial charge in [-0.3, -0.25) is 19.2 Å². The Hall–Kier alpha value is -1.99. The van der Waals surface area contributed by atoms with Gasteiger partial charge in [0, 0.05) is 0 Å². The second-order valence-electron chi connectivity index (χ2n) is 7.92. The first-order valence-electron chi connectivity index (χ1n) is 10.5. The summed E-state index contributed by atoms with van der Waals surface area (Å²) >= 11 is 2.93. The number of carbonyl (C=O) groups is 5. The molecule has 0 rings (SSSR count). The lowest BCUT2D eigenvalue weighted by molar-refractivity contribution is -0.143. The molecule has 0 saturated carbocycles. The van der Waals surface area contributed by atoms with Crippen molar-refractivity contribution >= 4 is 53.2 Å². The maximum atomic E-state index is 12.8. The van der Waals surface area contributed by atoms with Crippen molar-refractivity contribution in [3.63, 3.8) is 0 Å². The molecule has 11 nitrogen and oxygen atoms in total. The summed E-state index contributed by atoms with van der Waals surface area (Å²) in [5.74, 6) is -3.64. The predicted molar refractivity (Wildman–Crippen MR) is 129 cm³/mol. The first-order valence-corrected chi connectivity index (χ1v) is 13.3. The van der Waals surface area contributed by atoms with Crippen molar-refractivity contribution in [2.45, 2.75) is 63.7 Å². The van der Waals surface area contributed by atoms with Gasteiger partial charge in [0.25, 0.3) is 0 Å².